The van der Waals surface area contributed by atoms with E-state index in [2.05, 4.69) is 55.5 Å². The van der Waals surface area contributed by atoms with Crippen molar-refractivity contribution in [1.82, 2.24) is 9.80 Å². The number of benzene rings is 2. The molecule has 2 aromatic carbocycles. The summed E-state index contributed by atoms with van der Waals surface area (Å²) in [5.41, 5.74) is 2.86. The third-order valence-electron chi connectivity index (χ3n) is 8.02. The number of hydrogen-bond acceptors (Lipinski definition) is 4. The lowest BCUT2D eigenvalue weighted by Gasteiger charge is -2.23. The molecule has 5 nitrogen and oxygen atoms in total. The van der Waals surface area contributed by atoms with Crippen LogP contribution in [0.5, 0.6) is 0 Å². The lowest BCUT2D eigenvalue weighted by Crippen LogP contribution is -2.40. The Bertz CT molecular complexity index is 1380. The Morgan fingerprint density at radius 2 is 1.77 bits per heavy atom. The summed E-state index contributed by atoms with van der Waals surface area (Å²) >= 11 is 1.83. The number of hydrogen-bond donors (Lipinski definition) is 0. The van der Waals surface area contributed by atoms with E-state index < -0.39 is 5.54 Å². The maximum Gasteiger partial charge on any atom is 0.256 e. The second kappa shape index (κ2) is 7.76. The fourth-order valence-electron chi connectivity index (χ4n) is 5.69. The van der Waals surface area contributed by atoms with Crippen LogP contribution in [0.3, 0.4) is 0 Å². The zero-order chi connectivity index (χ0) is 23.7. The number of carbonyl (C=O) groups excluding carboxylic acids is 2. The predicted octanol–water partition coefficient (Wildman–Crippen LogP) is 5.26. The van der Waals surface area contributed by atoms with Crippen LogP contribution in [0.15, 0.2) is 53.5 Å². The van der Waals surface area contributed by atoms with Gasteiger partial charge in [0.25, 0.3) is 5.91 Å². The molecule has 1 saturated heterocycles. The van der Waals surface area contributed by atoms with Gasteiger partial charge in [-0.1, -0.05) is 30.3 Å². The molecule has 2 aliphatic carbocycles. The number of nitrogens with zero attached hydrogens (tertiary/aromatic N) is 3. The van der Waals surface area contributed by atoms with Gasteiger partial charge >= 0.3 is 0 Å². The van der Waals surface area contributed by atoms with Gasteiger partial charge in [-0.25, -0.2) is 0 Å². The molecule has 0 bridgehead atoms. The smallest absolute Gasteiger partial charge is 0.256 e. The molecule has 2 aliphatic heterocycles. The van der Waals surface area contributed by atoms with Crippen molar-refractivity contribution in [3.05, 3.63) is 59.0 Å². The SMILES string of the molecule is Cc1cc2cc(-c3ccc(C4=NC5(CC5)C(=O)N4CC4CCN(C(=O)C5CC5)C4)cc3)ccc2s1. The third kappa shape index (κ3) is 3.70. The van der Waals surface area contributed by atoms with Crippen molar-refractivity contribution in [2.75, 3.05) is 19.6 Å². The molecule has 6 heteroatoms. The van der Waals surface area contributed by atoms with Crippen LogP contribution in [-0.4, -0.2) is 52.6 Å². The first kappa shape index (κ1) is 21.3. The van der Waals surface area contributed by atoms with Crippen molar-refractivity contribution in [3.8, 4) is 11.1 Å². The van der Waals surface area contributed by atoms with Crippen LogP contribution in [0.1, 0.15) is 42.5 Å². The van der Waals surface area contributed by atoms with Gasteiger partial charge < -0.3 is 4.90 Å². The molecule has 3 fully saturated rings. The largest absolute Gasteiger partial charge is 0.342 e. The highest BCUT2D eigenvalue weighted by atomic mass is 32.1. The Kier molecular flexibility index (Phi) is 4.72. The van der Waals surface area contributed by atoms with Gasteiger partial charge in [0.2, 0.25) is 5.91 Å². The van der Waals surface area contributed by atoms with Gasteiger partial charge in [0.1, 0.15) is 11.4 Å². The summed E-state index contributed by atoms with van der Waals surface area (Å²) in [5.74, 6) is 1.87. The van der Waals surface area contributed by atoms with Crippen LogP contribution < -0.4 is 0 Å². The van der Waals surface area contributed by atoms with E-state index in [1.54, 1.807) is 0 Å². The Hall–Kier alpha value is -2.99. The van der Waals surface area contributed by atoms with Gasteiger partial charge in [0, 0.05) is 40.7 Å². The number of likely N-dealkylation sites (tertiary alicyclic amines) is 1. The molecule has 1 aromatic heterocycles. The minimum Gasteiger partial charge on any atom is -0.342 e. The van der Waals surface area contributed by atoms with E-state index in [0.29, 0.717) is 18.4 Å². The number of aliphatic imine (C=N–C) groups is 1. The van der Waals surface area contributed by atoms with Gasteiger partial charge in [-0.15, -0.1) is 11.3 Å². The van der Waals surface area contributed by atoms with E-state index >= 15 is 0 Å². The van der Waals surface area contributed by atoms with Crippen molar-refractivity contribution in [1.29, 1.82) is 0 Å². The zero-order valence-electron chi connectivity index (χ0n) is 20.0. The molecular weight excluding hydrogens is 454 g/mol. The number of fused-ring (bicyclic) bond motifs is 1. The Labute approximate surface area is 209 Å². The molecule has 3 aromatic rings. The van der Waals surface area contributed by atoms with E-state index in [9.17, 15) is 9.59 Å². The molecule has 1 unspecified atom stereocenters. The van der Waals surface area contributed by atoms with Crippen molar-refractivity contribution in [2.24, 2.45) is 16.8 Å². The highest BCUT2D eigenvalue weighted by molar-refractivity contribution is 7.19. The topological polar surface area (TPSA) is 53.0 Å². The van der Waals surface area contributed by atoms with Gasteiger partial charge in [0.05, 0.1) is 0 Å². The van der Waals surface area contributed by atoms with Crippen LogP contribution in [0, 0.1) is 18.8 Å². The number of carbonyl (C=O) groups is 2. The average Bonchev–Trinajstić information content (AvgIpc) is 3.76. The van der Waals surface area contributed by atoms with E-state index in [1.165, 1.54) is 26.1 Å². The third-order valence-corrected chi connectivity index (χ3v) is 9.05. The summed E-state index contributed by atoms with van der Waals surface area (Å²) in [6, 6.07) is 17.4. The maximum atomic E-state index is 13.3. The lowest BCUT2D eigenvalue weighted by atomic mass is 10.0. The Morgan fingerprint density at radius 3 is 2.51 bits per heavy atom. The molecule has 7 rings (SSSR count). The zero-order valence-corrected chi connectivity index (χ0v) is 20.8. The fourth-order valence-corrected chi connectivity index (χ4v) is 6.59. The van der Waals surface area contributed by atoms with Gasteiger partial charge in [-0.2, -0.15) is 0 Å². The van der Waals surface area contributed by atoms with E-state index in [-0.39, 0.29) is 11.8 Å². The summed E-state index contributed by atoms with van der Waals surface area (Å²) in [6.45, 7) is 4.39. The number of thiophene rings is 1. The van der Waals surface area contributed by atoms with Crippen molar-refractivity contribution >= 4 is 39.1 Å². The molecule has 0 N–H and O–H groups in total. The summed E-state index contributed by atoms with van der Waals surface area (Å²) in [7, 11) is 0. The quantitative estimate of drug-likeness (QED) is 0.497. The highest BCUT2D eigenvalue weighted by Crippen LogP contribution is 2.46. The second-order valence-electron chi connectivity index (χ2n) is 10.8. The van der Waals surface area contributed by atoms with Crippen molar-refractivity contribution in [3.63, 3.8) is 0 Å². The molecule has 3 heterocycles. The van der Waals surface area contributed by atoms with E-state index in [1.807, 2.05) is 21.1 Å². The molecule has 2 saturated carbocycles. The Morgan fingerprint density at radius 1 is 1.03 bits per heavy atom. The standard InChI is InChI=1S/C29H29N3O2S/c1-18-14-24-15-23(8-9-25(24)35-18)20-2-4-21(5-3-20)26-30-29(11-12-29)28(34)32(26)17-19-10-13-31(16-19)27(33)22-6-7-22/h2-5,8-9,14-15,19,22H,6-7,10-13,16-17H2,1H3. The molecule has 178 valence electrons. The number of rotatable bonds is 5. The molecule has 2 amide bonds. The average molecular weight is 484 g/mol. The lowest BCUT2D eigenvalue weighted by molar-refractivity contribution is -0.131. The van der Waals surface area contributed by atoms with Gasteiger partial charge in [-0.05, 0) is 79.7 Å². The van der Waals surface area contributed by atoms with Gasteiger partial charge in [0.15, 0.2) is 0 Å². The summed E-state index contributed by atoms with van der Waals surface area (Å²) < 4.78 is 1.32. The number of aryl methyl sites for hydroxylation is 1. The van der Waals surface area contributed by atoms with Crippen LogP contribution in [0.25, 0.3) is 21.2 Å². The maximum absolute atomic E-state index is 13.3. The summed E-state index contributed by atoms with van der Waals surface area (Å²) in [4.78, 5) is 36.1. The molecular formula is C29H29N3O2S. The minimum atomic E-state index is -0.516. The monoisotopic (exact) mass is 483 g/mol. The molecule has 4 aliphatic rings. The molecule has 1 spiro atoms. The van der Waals surface area contributed by atoms with Crippen LogP contribution >= 0.6 is 11.3 Å². The molecule has 0 radical (unpaired) electrons. The first-order chi connectivity index (χ1) is 17.0. The summed E-state index contributed by atoms with van der Waals surface area (Å²) in [5, 5.41) is 1.28. The van der Waals surface area contributed by atoms with Crippen LogP contribution in [0.2, 0.25) is 0 Å². The highest BCUT2D eigenvalue weighted by Gasteiger charge is 2.57. The fraction of sp³-hybridized carbons (Fsp3) is 0.414. The van der Waals surface area contributed by atoms with Gasteiger partial charge in [-0.3, -0.25) is 19.5 Å². The first-order valence-corrected chi connectivity index (χ1v) is 13.6. The normalized spacial score (nSPS) is 22.9. The van der Waals surface area contributed by atoms with E-state index in [4.69, 9.17) is 4.99 Å². The summed E-state index contributed by atoms with van der Waals surface area (Å²) in [6.07, 6.45) is 4.75. The number of amides is 2. The van der Waals surface area contributed by atoms with Crippen molar-refractivity contribution < 1.29 is 9.59 Å². The first-order valence-electron chi connectivity index (χ1n) is 12.8. The molecule has 35 heavy (non-hydrogen) atoms. The predicted molar refractivity (Wildman–Crippen MR) is 140 cm³/mol. The minimum absolute atomic E-state index is 0.154. The number of amidine groups is 1. The Balaban J connectivity index is 1.12. The van der Waals surface area contributed by atoms with E-state index in [0.717, 1.165) is 56.6 Å². The molecule has 1 atom stereocenters. The second-order valence-corrected chi connectivity index (χ2v) is 12.1. The van der Waals surface area contributed by atoms with Crippen molar-refractivity contribution in [2.45, 2.75) is 44.6 Å². The van der Waals surface area contributed by atoms with Crippen LogP contribution in [-0.2, 0) is 9.59 Å². The van der Waals surface area contributed by atoms with Crippen LogP contribution in [0.4, 0.5) is 0 Å².